The van der Waals surface area contributed by atoms with Crippen molar-refractivity contribution in [1.29, 1.82) is 0 Å². The Hall–Kier alpha value is -0.340. The Morgan fingerprint density at radius 1 is 1.27 bits per heavy atom. The van der Waals surface area contributed by atoms with Crippen LogP contribution in [0.25, 0.3) is 0 Å². The van der Waals surface area contributed by atoms with E-state index < -0.39 is 0 Å². The second-order valence-electron chi connectivity index (χ2n) is 4.11. The molecule has 15 heavy (non-hydrogen) atoms. The van der Waals surface area contributed by atoms with E-state index in [0.29, 0.717) is 6.04 Å². The van der Waals surface area contributed by atoms with Crippen molar-refractivity contribution in [1.82, 2.24) is 5.32 Å². The van der Waals surface area contributed by atoms with Gasteiger partial charge in [0.25, 0.3) is 0 Å². The zero-order valence-electron chi connectivity index (χ0n) is 9.76. The normalized spacial score (nSPS) is 14.9. The number of rotatable bonds is 5. The second kappa shape index (κ2) is 6.29. The molecule has 2 atom stereocenters. The van der Waals surface area contributed by atoms with E-state index in [0.717, 1.165) is 16.8 Å². The Kier molecular flexibility index (Phi) is 5.34. The molecule has 0 saturated heterocycles. The molecule has 1 rings (SSSR count). The summed E-state index contributed by atoms with van der Waals surface area (Å²) in [6, 6.07) is 9.18. The molecule has 1 N–H and O–H groups in total. The molecule has 2 unspecified atom stereocenters. The topological polar surface area (TPSA) is 12.0 Å². The highest BCUT2D eigenvalue weighted by atomic mass is 79.9. The summed E-state index contributed by atoms with van der Waals surface area (Å²) < 4.78 is 1.15. The summed E-state index contributed by atoms with van der Waals surface area (Å²) in [5.74, 6) is 0.721. The van der Waals surface area contributed by atoms with E-state index in [1.54, 1.807) is 0 Å². The van der Waals surface area contributed by atoms with Crippen LogP contribution in [0.3, 0.4) is 0 Å². The van der Waals surface area contributed by atoms with Gasteiger partial charge in [0.1, 0.15) is 0 Å². The third kappa shape index (κ3) is 3.96. The summed E-state index contributed by atoms with van der Waals surface area (Å²) in [4.78, 5) is 0. The minimum Gasteiger partial charge on any atom is -0.316 e. The molecular weight excluding hydrogens is 250 g/mol. The molecule has 0 spiro atoms. The first-order chi connectivity index (χ1) is 7.17. The van der Waals surface area contributed by atoms with E-state index in [1.165, 1.54) is 12.0 Å². The molecule has 0 radical (unpaired) electrons. The van der Waals surface area contributed by atoms with E-state index in [4.69, 9.17) is 0 Å². The van der Waals surface area contributed by atoms with E-state index in [9.17, 15) is 0 Å². The van der Waals surface area contributed by atoms with Gasteiger partial charge in [-0.05, 0) is 37.1 Å². The highest BCUT2D eigenvalue weighted by Gasteiger charge is 2.13. The number of likely N-dealkylation sites (N-methyl/N-ethyl adjacent to an activating group) is 1. The average molecular weight is 270 g/mol. The highest BCUT2D eigenvalue weighted by Crippen LogP contribution is 2.16. The van der Waals surface area contributed by atoms with E-state index in [2.05, 4.69) is 66.4 Å². The van der Waals surface area contributed by atoms with Crippen LogP contribution in [0.5, 0.6) is 0 Å². The summed E-state index contributed by atoms with van der Waals surface area (Å²) in [6.07, 6.45) is 2.33. The van der Waals surface area contributed by atoms with Crippen molar-refractivity contribution in [2.24, 2.45) is 5.92 Å². The van der Waals surface area contributed by atoms with Crippen LogP contribution in [0.1, 0.15) is 25.8 Å². The molecule has 84 valence electrons. The van der Waals surface area contributed by atoms with Gasteiger partial charge >= 0.3 is 0 Å². The Labute approximate surface area is 101 Å². The van der Waals surface area contributed by atoms with Crippen LogP contribution in [-0.2, 0) is 6.42 Å². The number of halogens is 1. The standard InChI is InChI=1S/C13H20BrN/c1-4-10(2)13(15-3)9-11-5-7-12(14)8-6-11/h5-8,10,13,15H,4,9H2,1-3H3. The molecule has 0 saturated carbocycles. The molecule has 0 aliphatic heterocycles. The van der Waals surface area contributed by atoms with Crippen molar-refractivity contribution in [3.05, 3.63) is 34.3 Å². The zero-order valence-corrected chi connectivity index (χ0v) is 11.3. The summed E-state index contributed by atoms with van der Waals surface area (Å²) in [6.45, 7) is 4.55. The van der Waals surface area contributed by atoms with Crippen LogP contribution in [0, 0.1) is 5.92 Å². The number of nitrogens with one attached hydrogen (secondary N) is 1. The molecule has 1 aromatic rings. The van der Waals surface area contributed by atoms with Crippen molar-refractivity contribution in [2.45, 2.75) is 32.7 Å². The minimum absolute atomic E-state index is 0.580. The molecule has 0 amide bonds. The van der Waals surface area contributed by atoms with Crippen molar-refractivity contribution in [3.63, 3.8) is 0 Å². The smallest absolute Gasteiger partial charge is 0.0175 e. The van der Waals surface area contributed by atoms with Gasteiger partial charge in [-0.25, -0.2) is 0 Å². The molecule has 0 aromatic heterocycles. The quantitative estimate of drug-likeness (QED) is 0.861. The Morgan fingerprint density at radius 2 is 1.87 bits per heavy atom. The van der Waals surface area contributed by atoms with Gasteiger partial charge in [0.05, 0.1) is 0 Å². The molecule has 0 heterocycles. The highest BCUT2D eigenvalue weighted by molar-refractivity contribution is 9.10. The van der Waals surface area contributed by atoms with Gasteiger partial charge in [-0.15, -0.1) is 0 Å². The Balaban J connectivity index is 2.62. The lowest BCUT2D eigenvalue weighted by Crippen LogP contribution is -2.33. The van der Waals surface area contributed by atoms with Gasteiger partial charge in [-0.3, -0.25) is 0 Å². The Bertz CT molecular complexity index is 281. The van der Waals surface area contributed by atoms with Crippen LogP contribution in [0.2, 0.25) is 0 Å². The summed E-state index contributed by atoms with van der Waals surface area (Å²) in [5, 5.41) is 3.40. The number of benzene rings is 1. The van der Waals surface area contributed by atoms with Gasteiger partial charge in [-0.2, -0.15) is 0 Å². The number of hydrogen-bond donors (Lipinski definition) is 1. The third-order valence-corrected chi connectivity index (χ3v) is 3.60. The molecule has 1 nitrogen and oxygen atoms in total. The maximum absolute atomic E-state index is 3.46. The van der Waals surface area contributed by atoms with Crippen LogP contribution in [0.15, 0.2) is 28.7 Å². The molecule has 0 aliphatic carbocycles. The van der Waals surface area contributed by atoms with Gasteiger partial charge in [0.2, 0.25) is 0 Å². The monoisotopic (exact) mass is 269 g/mol. The first-order valence-corrected chi connectivity index (χ1v) is 6.38. The van der Waals surface area contributed by atoms with Crippen LogP contribution < -0.4 is 5.32 Å². The predicted molar refractivity (Wildman–Crippen MR) is 70.1 cm³/mol. The van der Waals surface area contributed by atoms with Crippen LogP contribution in [-0.4, -0.2) is 13.1 Å². The van der Waals surface area contributed by atoms with Crippen LogP contribution in [0.4, 0.5) is 0 Å². The molecular formula is C13H20BrN. The fourth-order valence-electron chi connectivity index (χ4n) is 1.75. The molecule has 0 fully saturated rings. The summed E-state index contributed by atoms with van der Waals surface area (Å²) in [5.41, 5.74) is 1.40. The number of hydrogen-bond acceptors (Lipinski definition) is 1. The van der Waals surface area contributed by atoms with Gasteiger partial charge < -0.3 is 5.32 Å². The predicted octanol–water partition coefficient (Wildman–Crippen LogP) is 3.63. The SMILES string of the molecule is CCC(C)C(Cc1ccc(Br)cc1)NC. The fourth-order valence-corrected chi connectivity index (χ4v) is 2.01. The summed E-state index contributed by atoms with van der Waals surface area (Å²) >= 11 is 3.46. The van der Waals surface area contributed by atoms with E-state index in [-0.39, 0.29) is 0 Å². The lowest BCUT2D eigenvalue weighted by atomic mass is 9.93. The van der Waals surface area contributed by atoms with Crippen molar-refractivity contribution in [2.75, 3.05) is 7.05 Å². The largest absolute Gasteiger partial charge is 0.316 e. The van der Waals surface area contributed by atoms with Crippen molar-refractivity contribution < 1.29 is 0 Å². The minimum atomic E-state index is 0.580. The molecule has 0 bridgehead atoms. The zero-order chi connectivity index (χ0) is 11.3. The molecule has 2 heteroatoms. The lowest BCUT2D eigenvalue weighted by Gasteiger charge is -2.22. The van der Waals surface area contributed by atoms with Gasteiger partial charge in [-0.1, -0.05) is 48.3 Å². The third-order valence-electron chi connectivity index (χ3n) is 3.07. The van der Waals surface area contributed by atoms with Crippen molar-refractivity contribution >= 4 is 15.9 Å². The van der Waals surface area contributed by atoms with E-state index in [1.807, 2.05) is 0 Å². The van der Waals surface area contributed by atoms with Gasteiger partial charge in [0.15, 0.2) is 0 Å². The first-order valence-electron chi connectivity index (χ1n) is 5.59. The van der Waals surface area contributed by atoms with E-state index >= 15 is 0 Å². The molecule has 1 aromatic carbocycles. The van der Waals surface area contributed by atoms with Gasteiger partial charge in [0, 0.05) is 10.5 Å². The second-order valence-corrected chi connectivity index (χ2v) is 5.03. The van der Waals surface area contributed by atoms with Crippen molar-refractivity contribution in [3.8, 4) is 0 Å². The molecule has 0 aliphatic rings. The first kappa shape index (κ1) is 12.7. The summed E-state index contributed by atoms with van der Waals surface area (Å²) in [7, 11) is 2.05. The average Bonchev–Trinajstić information content (AvgIpc) is 2.27. The maximum atomic E-state index is 3.46. The maximum Gasteiger partial charge on any atom is 0.0175 e. The lowest BCUT2D eigenvalue weighted by molar-refractivity contribution is 0.386. The fraction of sp³-hybridized carbons (Fsp3) is 0.538. The Morgan fingerprint density at radius 3 is 2.33 bits per heavy atom. The van der Waals surface area contributed by atoms with Crippen LogP contribution >= 0.6 is 15.9 Å².